The number of carbonyl (C=O) groups excluding carboxylic acids is 1. The van der Waals surface area contributed by atoms with E-state index in [9.17, 15) is 13.2 Å². The Hall–Kier alpha value is -4.27. The molecule has 0 atom stereocenters. The minimum atomic E-state index is -3.93. The van der Waals surface area contributed by atoms with Gasteiger partial charge in [0.2, 0.25) is 0 Å². The molecule has 0 unspecified atom stereocenters. The number of fused-ring (bicyclic) bond motifs is 2. The molecule has 3 aromatic carbocycles. The Bertz CT molecular complexity index is 1990. The van der Waals surface area contributed by atoms with Crippen LogP contribution in [0.5, 0.6) is 0 Å². The van der Waals surface area contributed by atoms with Crippen LogP contribution in [0.2, 0.25) is 0 Å². The van der Waals surface area contributed by atoms with Gasteiger partial charge in [0.25, 0.3) is 15.9 Å². The summed E-state index contributed by atoms with van der Waals surface area (Å²) in [5.41, 5.74) is 9.58. The second kappa shape index (κ2) is 11.3. The first-order valence-corrected chi connectivity index (χ1v) is 16.4. The Labute approximate surface area is 259 Å². The van der Waals surface area contributed by atoms with Gasteiger partial charge in [0.1, 0.15) is 0 Å². The van der Waals surface area contributed by atoms with E-state index in [0.29, 0.717) is 17.1 Å². The highest BCUT2D eigenvalue weighted by Crippen LogP contribution is 2.37. The molecule has 44 heavy (non-hydrogen) atoms. The van der Waals surface area contributed by atoms with E-state index >= 15 is 0 Å². The van der Waals surface area contributed by atoms with Crippen molar-refractivity contribution in [3.8, 4) is 22.3 Å². The smallest absolute Gasteiger partial charge is 0.269 e. The van der Waals surface area contributed by atoms with Crippen LogP contribution >= 0.6 is 0 Å². The van der Waals surface area contributed by atoms with Crippen LogP contribution < -0.4 is 0 Å². The van der Waals surface area contributed by atoms with E-state index in [1.165, 1.54) is 25.6 Å². The zero-order valence-electron chi connectivity index (χ0n) is 26.1. The second-order valence-electron chi connectivity index (χ2n) is 12.4. The van der Waals surface area contributed by atoms with Crippen LogP contribution in [0.15, 0.2) is 84.0 Å². The van der Waals surface area contributed by atoms with Gasteiger partial charge >= 0.3 is 0 Å². The predicted molar refractivity (Wildman–Crippen MR) is 177 cm³/mol. The van der Waals surface area contributed by atoms with Crippen LogP contribution in [0.25, 0.3) is 33.3 Å². The molecule has 0 N–H and O–H groups in total. The van der Waals surface area contributed by atoms with Crippen molar-refractivity contribution < 1.29 is 13.2 Å². The summed E-state index contributed by atoms with van der Waals surface area (Å²) in [6.07, 6.45) is 4.47. The van der Waals surface area contributed by atoms with Gasteiger partial charge < -0.3 is 9.80 Å². The van der Waals surface area contributed by atoms with Crippen molar-refractivity contribution >= 4 is 27.0 Å². The first kappa shape index (κ1) is 29.8. The van der Waals surface area contributed by atoms with Gasteiger partial charge in [-0.1, -0.05) is 49.7 Å². The number of pyridine rings is 1. The predicted octanol–water partition coefficient (Wildman–Crippen LogP) is 6.73. The van der Waals surface area contributed by atoms with E-state index in [1.807, 2.05) is 19.1 Å². The molecular formula is C36H38N4O3S. The molecule has 2 aromatic heterocycles. The number of aromatic nitrogens is 2. The number of nitrogens with zero attached hydrogens (tertiary/aromatic N) is 4. The number of likely N-dealkylation sites (N-methyl/N-ethyl adjacent to an activating group) is 1. The van der Waals surface area contributed by atoms with Crippen molar-refractivity contribution in [2.45, 2.75) is 44.6 Å². The molecule has 226 valence electrons. The van der Waals surface area contributed by atoms with Crippen molar-refractivity contribution in [2.24, 2.45) is 0 Å². The largest absolute Gasteiger partial charge is 0.345 e. The summed E-state index contributed by atoms with van der Waals surface area (Å²) in [6.45, 7) is 8.34. The average molecular weight is 607 g/mol. The van der Waals surface area contributed by atoms with Crippen LogP contribution in [0.1, 0.15) is 52.4 Å². The van der Waals surface area contributed by atoms with Crippen LogP contribution in [0, 0.1) is 6.92 Å². The van der Waals surface area contributed by atoms with Crippen LogP contribution in [0.3, 0.4) is 0 Å². The molecule has 0 radical (unpaired) electrons. The van der Waals surface area contributed by atoms with Gasteiger partial charge in [-0.05, 0) is 90.5 Å². The Morgan fingerprint density at radius 3 is 2.30 bits per heavy atom. The molecule has 5 aromatic rings. The molecule has 3 heterocycles. The zero-order valence-corrected chi connectivity index (χ0v) is 26.9. The molecule has 0 saturated heterocycles. The molecule has 1 aliphatic rings. The second-order valence-corrected chi connectivity index (χ2v) is 14.2. The first-order chi connectivity index (χ1) is 20.9. The molecule has 8 heteroatoms. The maximum absolute atomic E-state index is 14.0. The monoisotopic (exact) mass is 606 g/mol. The minimum absolute atomic E-state index is 0.0936. The molecule has 1 amide bonds. The fourth-order valence-electron chi connectivity index (χ4n) is 6.08. The lowest BCUT2D eigenvalue weighted by Gasteiger charge is -2.29. The summed E-state index contributed by atoms with van der Waals surface area (Å²) >= 11 is 0. The molecule has 7 nitrogen and oxygen atoms in total. The Balaban J connectivity index is 1.55. The summed E-state index contributed by atoms with van der Waals surface area (Å²) in [5, 5.41) is 0.728. The van der Waals surface area contributed by atoms with E-state index in [4.69, 9.17) is 4.98 Å². The summed E-state index contributed by atoms with van der Waals surface area (Å²) in [4.78, 5) is 21.4. The lowest BCUT2D eigenvalue weighted by atomic mass is 9.86. The number of hydrogen-bond acceptors (Lipinski definition) is 5. The SMILES string of the molecule is Cc1ccc(S(=O)(=O)n2cc(-c3ccc(C(=O)N(C)C)cc3)c3cc(-c4cc5c(c(C(C)C)c4)CCN(C)C5)cnc32)cc1. The number of hydrogen-bond donors (Lipinski definition) is 0. The van der Waals surface area contributed by atoms with E-state index in [-0.39, 0.29) is 10.8 Å². The Morgan fingerprint density at radius 1 is 0.932 bits per heavy atom. The van der Waals surface area contributed by atoms with Crippen molar-refractivity contribution in [3.63, 3.8) is 0 Å². The molecule has 0 bridgehead atoms. The topological polar surface area (TPSA) is 75.5 Å². The van der Waals surface area contributed by atoms with Crippen LogP contribution in [-0.2, 0) is 23.0 Å². The quantitative estimate of drug-likeness (QED) is 0.214. The molecule has 0 aliphatic carbocycles. The summed E-state index contributed by atoms with van der Waals surface area (Å²) in [5.74, 6) is 0.285. The van der Waals surface area contributed by atoms with Crippen molar-refractivity contribution in [2.75, 3.05) is 27.7 Å². The zero-order chi connectivity index (χ0) is 31.3. The fourth-order valence-corrected chi connectivity index (χ4v) is 7.41. The molecule has 0 saturated carbocycles. The van der Waals surface area contributed by atoms with E-state index in [0.717, 1.165) is 52.7 Å². The number of carbonyl (C=O) groups is 1. The lowest BCUT2D eigenvalue weighted by Crippen LogP contribution is -2.27. The fraction of sp³-hybridized carbons (Fsp3) is 0.278. The third-order valence-corrected chi connectivity index (χ3v) is 10.2. The maximum Gasteiger partial charge on any atom is 0.269 e. The van der Waals surface area contributed by atoms with Crippen molar-refractivity contribution in [1.82, 2.24) is 18.8 Å². The third-order valence-electron chi connectivity index (χ3n) is 8.55. The highest BCUT2D eigenvalue weighted by molar-refractivity contribution is 7.90. The van der Waals surface area contributed by atoms with Gasteiger partial charge in [-0.15, -0.1) is 0 Å². The maximum atomic E-state index is 14.0. The van der Waals surface area contributed by atoms with Gasteiger partial charge in [-0.25, -0.2) is 17.4 Å². The van der Waals surface area contributed by atoms with Gasteiger partial charge in [0.15, 0.2) is 5.65 Å². The first-order valence-electron chi connectivity index (χ1n) is 14.9. The Morgan fingerprint density at radius 2 is 1.64 bits per heavy atom. The third kappa shape index (κ3) is 5.33. The Kier molecular flexibility index (Phi) is 7.68. The molecule has 6 rings (SSSR count). The van der Waals surface area contributed by atoms with Crippen LogP contribution in [0.4, 0.5) is 0 Å². The highest BCUT2D eigenvalue weighted by Gasteiger charge is 2.25. The van der Waals surface area contributed by atoms with Gasteiger partial charge in [-0.2, -0.15) is 0 Å². The summed E-state index contributed by atoms with van der Waals surface area (Å²) in [6, 6.07) is 20.7. The standard InChI is InChI=1S/C36H38N4O3S/c1-23(2)32-18-27(17-29-21-39(6)16-15-31(29)32)28-19-33-34(25-9-11-26(12-10-25)36(41)38(4)5)22-40(35(33)37-20-28)44(42,43)30-13-7-24(3)8-14-30/h7-14,17-20,22-23H,15-16,21H2,1-6H3. The number of aryl methyl sites for hydroxylation is 1. The summed E-state index contributed by atoms with van der Waals surface area (Å²) in [7, 11) is 1.66. The molecular weight excluding hydrogens is 568 g/mol. The summed E-state index contributed by atoms with van der Waals surface area (Å²) < 4.78 is 29.2. The molecule has 0 spiro atoms. The van der Waals surface area contributed by atoms with Crippen molar-refractivity contribution in [1.29, 1.82) is 0 Å². The minimum Gasteiger partial charge on any atom is -0.345 e. The number of amides is 1. The molecule has 1 aliphatic heterocycles. The average Bonchev–Trinajstić information content (AvgIpc) is 3.40. The normalized spacial score (nSPS) is 13.8. The van der Waals surface area contributed by atoms with Crippen molar-refractivity contribution in [3.05, 3.63) is 107 Å². The van der Waals surface area contributed by atoms with Gasteiger partial charge in [0.05, 0.1) is 4.90 Å². The van der Waals surface area contributed by atoms with E-state index < -0.39 is 10.0 Å². The highest BCUT2D eigenvalue weighted by atomic mass is 32.2. The van der Waals surface area contributed by atoms with E-state index in [2.05, 4.69) is 44.0 Å². The number of rotatable bonds is 6. The van der Waals surface area contributed by atoms with Gasteiger partial charge in [-0.3, -0.25) is 4.79 Å². The molecule has 0 fully saturated rings. The number of benzene rings is 3. The van der Waals surface area contributed by atoms with Gasteiger partial charge in [0, 0.05) is 61.7 Å². The van der Waals surface area contributed by atoms with E-state index in [1.54, 1.807) is 62.9 Å². The van der Waals surface area contributed by atoms with Crippen LogP contribution in [-0.4, -0.2) is 60.8 Å². The lowest BCUT2D eigenvalue weighted by molar-refractivity contribution is 0.0827.